The molecule has 2 aromatic carbocycles. The molecule has 0 aliphatic carbocycles. The number of benzene rings is 2. The second kappa shape index (κ2) is 7.64. The topological polar surface area (TPSA) is 32.3 Å². The van der Waals surface area contributed by atoms with Gasteiger partial charge in [-0.1, -0.05) is 48.5 Å². The molecule has 1 aliphatic rings. The first-order valence-corrected chi connectivity index (χ1v) is 10.1. The van der Waals surface area contributed by atoms with E-state index < -0.39 is 0 Å². The molecule has 0 unspecified atom stereocenters. The van der Waals surface area contributed by atoms with E-state index in [-0.39, 0.29) is 0 Å². The van der Waals surface area contributed by atoms with Crippen molar-refractivity contribution < 1.29 is 0 Å². The quantitative estimate of drug-likeness (QED) is 0.501. The first-order chi connectivity index (χ1) is 14.3. The summed E-state index contributed by atoms with van der Waals surface area (Å²) in [6.07, 6.45) is 4.88. The van der Waals surface area contributed by atoms with E-state index in [2.05, 4.69) is 76.4 Å². The third-order valence-electron chi connectivity index (χ3n) is 5.73. The Bertz CT molecular complexity index is 1140. The Balaban J connectivity index is 1.41. The van der Waals surface area contributed by atoms with E-state index in [1.807, 2.05) is 24.5 Å². The van der Waals surface area contributed by atoms with Gasteiger partial charge in [0, 0.05) is 43.8 Å². The van der Waals surface area contributed by atoms with E-state index in [1.165, 1.54) is 16.7 Å². The van der Waals surface area contributed by atoms with Gasteiger partial charge in [-0.25, -0.2) is 4.98 Å². The lowest BCUT2D eigenvalue weighted by atomic mass is 10.00. The monoisotopic (exact) mass is 380 g/mol. The highest BCUT2D eigenvalue weighted by atomic mass is 15.2. The van der Waals surface area contributed by atoms with Gasteiger partial charge >= 0.3 is 0 Å². The average molecular weight is 380 g/mol. The van der Waals surface area contributed by atoms with Crippen molar-refractivity contribution >= 4 is 22.4 Å². The first-order valence-electron chi connectivity index (χ1n) is 10.1. The third-order valence-corrected chi connectivity index (χ3v) is 5.73. The molecule has 5 rings (SSSR count). The smallest absolute Gasteiger partial charge is 0.136 e. The van der Waals surface area contributed by atoms with Crippen molar-refractivity contribution in [1.82, 2.24) is 14.9 Å². The summed E-state index contributed by atoms with van der Waals surface area (Å²) in [7, 11) is 2.09. The van der Waals surface area contributed by atoms with Crippen LogP contribution in [0.1, 0.15) is 16.7 Å². The van der Waals surface area contributed by atoms with Crippen LogP contribution in [0.25, 0.3) is 10.9 Å². The van der Waals surface area contributed by atoms with Crippen LogP contribution in [0.2, 0.25) is 0 Å². The number of aromatic nitrogens is 2. The predicted octanol–water partition coefficient (Wildman–Crippen LogP) is 4.96. The van der Waals surface area contributed by atoms with Gasteiger partial charge in [0.05, 0.1) is 17.4 Å². The molecular formula is C25H24N4. The highest BCUT2D eigenvalue weighted by Crippen LogP contribution is 2.31. The van der Waals surface area contributed by atoms with Crippen LogP contribution < -0.4 is 4.90 Å². The van der Waals surface area contributed by atoms with E-state index in [4.69, 9.17) is 4.98 Å². The van der Waals surface area contributed by atoms with Gasteiger partial charge in [-0.3, -0.25) is 9.88 Å². The summed E-state index contributed by atoms with van der Waals surface area (Å²) in [5, 5.41) is 1.15. The molecule has 0 radical (unpaired) electrons. The fraction of sp³-hybridized carbons (Fsp3) is 0.200. The number of anilines is 2. The summed E-state index contributed by atoms with van der Waals surface area (Å²) in [6.45, 7) is 3.00. The summed E-state index contributed by atoms with van der Waals surface area (Å²) in [5.41, 5.74) is 6.18. The van der Waals surface area contributed by atoms with Crippen molar-refractivity contribution in [2.75, 3.05) is 18.5 Å². The molecule has 0 saturated carbocycles. The Morgan fingerprint density at radius 2 is 1.79 bits per heavy atom. The molecule has 0 spiro atoms. The number of pyridine rings is 2. The molecule has 0 fully saturated rings. The molecule has 1 aliphatic heterocycles. The zero-order valence-corrected chi connectivity index (χ0v) is 16.6. The predicted molar refractivity (Wildman–Crippen MR) is 118 cm³/mol. The lowest BCUT2D eigenvalue weighted by Crippen LogP contribution is -2.31. The van der Waals surface area contributed by atoms with Crippen LogP contribution in [0.5, 0.6) is 0 Å². The Hall–Kier alpha value is -3.24. The van der Waals surface area contributed by atoms with E-state index >= 15 is 0 Å². The Labute approximate surface area is 171 Å². The molecule has 2 aromatic heterocycles. The van der Waals surface area contributed by atoms with Gasteiger partial charge in [-0.05, 0) is 35.7 Å². The Morgan fingerprint density at radius 1 is 0.966 bits per heavy atom. The van der Waals surface area contributed by atoms with E-state index in [0.717, 1.165) is 48.5 Å². The number of hydrogen-bond donors (Lipinski definition) is 0. The minimum Gasteiger partial charge on any atom is -0.328 e. The summed E-state index contributed by atoms with van der Waals surface area (Å²) in [5.74, 6) is 1.04. The highest BCUT2D eigenvalue weighted by molar-refractivity contribution is 5.82. The maximum atomic E-state index is 4.74. The summed E-state index contributed by atoms with van der Waals surface area (Å²) >= 11 is 0. The maximum Gasteiger partial charge on any atom is 0.136 e. The van der Waals surface area contributed by atoms with Gasteiger partial charge in [0.25, 0.3) is 0 Å². The number of nitrogens with zero attached hydrogens (tertiary/aromatic N) is 4. The van der Waals surface area contributed by atoms with Crippen LogP contribution >= 0.6 is 0 Å². The molecule has 0 bridgehead atoms. The minimum absolute atomic E-state index is 0.962. The lowest BCUT2D eigenvalue weighted by molar-refractivity contribution is 0.245. The van der Waals surface area contributed by atoms with Gasteiger partial charge in [0.2, 0.25) is 0 Å². The van der Waals surface area contributed by atoms with Gasteiger partial charge < -0.3 is 4.90 Å². The number of para-hydroxylation sites is 1. The molecule has 144 valence electrons. The van der Waals surface area contributed by atoms with E-state index in [1.54, 1.807) is 0 Å². The Morgan fingerprint density at radius 3 is 2.69 bits per heavy atom. The zero-order valence-electron chi connectivity index (χ0n) is 16.6. The minimum atomic E-state index is 0.962. The molecule has 0 N–H and O–H groups in total. The number of hydrogen-bond acceptors (Lipinski definition) is 4. The van der Waals surface area contributed by atoms with Crippen molar-refractivity contribution in [3.8, 4) is 0 Å². The third kappa shape index (κ3) is 3.59. The SMILES string of the molecule is CN(c1cnc2ccccc2c1)c1nccc2c1CCN(Cc1ccccc1)C2. The van der Waals surface area contributed by atoms with Crippen LogP contribution in [-0.2, 0) is 19.5 Å². The van der Waals surface area contributed by atoms with Crippen molar-refractivity contribution in [2.24, 2.45) is 0 Å². The van der Waals surface area contributed by atoms with Gasteiger partial charge in [0.15, 0.2) is 0 Å². The fourth-order valence-electron chi connectivity index (χ4n) is 4.16. The largest absolute Gasteiger partial charge is 0.328 e. The molecule has 0 atom stereocenters. The van der Waals surface area contributed by atoms with Crippen LogP contribution in [0.15, 0.2) is 79.1 Å². The maximum absolute atomic E-state index is 4.74. The van der Waals surface area contributed by atoms with Crippen molar-refractivity contribution in [2.45, 2.75) is 19.5 Å². The van der Waals surface area contributed by atoms with Crippen LogP contribution in [0.3, 0.4) is 0 Å². The highest BCUT2D eigenvalue weighted by Gasteiger charge is 2.22. The van der Waals surface area contributed by atoms with Crippen LogP contribution in [0, 0.1) is 0 Å². The fourth-order valence-corrected chi connectivity index (χ4v) is 4.16. The Kier molecular flexibility index (Phi) is 4.70. The van der Waals surface area contributed by atoms with Gasteiger partial charge in [-0.2, -0.15) is 0 Å². The normalized spacial score (nSPS) is 14.0. The summed E-state index contributed by atoms with van der Waals surface area (Å²) < 4.78 is 0. The van der Waals surface area contributed by atoms with Gasteiger partial charge in [-0.15, -0.1) is 0 Å². The van der Waals surface area contributed by atoms with E-state index in [9.17, 15) is 0 Å². The zero-order chi connectivity index (χ0) is 19.6. The second-order valence-corrected chi connectivity index (χ2v) is 7.66. The van der Waals surface area contributed by atoms with Crippen molar-refractivity contribution in [1.29, 1.82) is 0 Å². The number of fused-ring (bicyclic) bond motifs is 2. The molecule has 4 nitrogen and oxygen atoms in total. The van der Waals surface area contributed by atoms with Crippen molar-refractivity contribution in [3.05, 3.63) is 95.8 Å². The summed E-state index contributed by atoms with van der Waals surface area (Å²) in [6, 6.07) is 23.3. The second-order valence-electron chi connectivity index (χ2n) is 7.66. The van der Waals surface area contributed by atoms with Gasteiger partial charge in [0.1, 0.15) is 5.82 Å². The van der Waals surface area contributed by atoms with Crippen LogP contribution in [-0.4, -0.2) is 28.5 Å². The molecular weight excluding hydrogens is 356 g/mol. The van der Waals surface area contributed by atoms with E-state index in [0.29, 0.717) is 0 Å². The molecule has 29 heavy (non-hydrogen) atoms. The first kappa shape index (κ1) is 17.8. The number of rotatable bonds is 4. The van der Waals surface area contributed by atoms with Crippen molar-refractivity contribution in [3.63, 3.8) is 0 Å². The van der Waals surface area contributed by atoms with Crippen LogP contribution in [0.4, 0.5) is 11.5 Å². The molecule has 0 amide bonds. The lowest BCUT2D eigenvalue weighted by Gasteiger charge is -2.31. The average Bonchev–Trinajstić information content (AvgIpc) is 2.78. The molecule has 3 heterocycles. The molecule has 0 saturated heterocycles. The molecule has 4 heteroatoms. The summed E-state index contributed by atoms with van der Waals surface area (Å²) in [4.78, 5) is 14.0. The standard InChI is InChI=1S/C25H24N4/c1-28(22-15-20-9-5-6-10-24(20)27-16-22)25-23-12-14-29(18-21(23)11-13-26-25)17-19-7-3-2-4-8-19/h2-11,13,15-16H,12,14,17-18H2,1H3. The molecule has 4 aromatic rings.